The van der Waals surface area contributed by atoms with Gasteiger partial charge in [-0.15, -0.1) is 0 Å². The van der Waals surface area contributed by atoms with Crippen LogP contribution in [-0.2, 0) is 11.3 Å². The molecule has 2 bridgehead atoms. The number of amides is 1. The molecule has 6 heteroatoms. The number of nitrogens with zero attached hydrogens (tertiary/aromatic N) is 2. The second-order valence-corrected chi connectivity index (χ2v) is 6.86. The summed E-state index contributed by atoms with van der Waals surface area (Å²) in [6, 6.07) is 1.48. The van der Waals surface area contributed by atoms with Gasteiger partial charge in [0.15, 0.2) is 0 Å². The van der Waals surface area contributed by atoms with Crippen LogP contribution in [0.3, 0.4) is 0 Å². The highest BCUT2D eigenvalue weighted by molar-refractivity contribution is 5.76. The molecule has 0 spiro atoms. The van der Waals surface area contributed by atoms with Gasteiger partial charge in [0.2, 0.25) is 5.91 Å². The van der Waals surface area contributed by atoms with Crippen LogP contribution < -0.4 is 5.32 Å². The summed E-state index contributed by atoms with van der Waals surface area (Å²) >= 11 is 0. The third-order valence-corrected chi connectivity index (χ3v) is 5.34. The summed E-state index contributed by atoms with van der Waals surface area (Å²) in [6.45, 7) is 3.75. The van der Waals surface area contributed by atoms with E-state index in [9.17, 15) is 13.6 Å². The van der Waals surface area contributed by atoms with Gasteiger partial charge in [-0.2, -0.15) is 5.10 Å². The zero-order valence-electron chi connectivity index (χ0n) is 13.1. The summed E-state index contributed by atoms with van der Waals surface area (Å²) in [4.78, 5) is 12.2. The molecule has 1 heterocycles. The molecular formula is C16H23F2N3O. The number of carbonyl (C=O) groups excluding carboxylic acids is 1. The smallest absolute Gasteiger partial charge is 0.282 e. The molecule has 4 nitrogen and oxygen atoms in total. The lowest BCUT2D eigenvalue weighted by atomic mass is 9.84. The first-order valence-electron chi connectivity index (χ1n) is 8.06. The van der Waals surface area contributed by atoms with Crippen molar-refractivity contribution >= 4 is 5.91 Å². The fourth-order valence-corrected chi connectivity index (χ4v) is 4.25. The monoisotopic (exact) mass is 311 g/mol. The van der Waals surface area contributed by atoms with Gasteiger partial charge in [-0.25, -0.2) is 8.78 Å². The van der Waals surface area contributed by atoms with Crippen LogP contribution in [0, 0.1) is 24.7 Å². The number of hydrogen-bond acceptors (Lipinski definition) is 2. The summed E-state index contributed by atoms with van der Waals surface area (Å²) in [7, 11) is 0. The molecule has 1 aromatic heterocycles. The highest BCUT2D eigenvalue weighted by atomic mass is 19.3. The predicted octanol–water partition coefficient (Wildman–Crippen LogP) is 3.07. The van der Waals surface area contributed by atoms with E-state index in [1.165, 1.54) is 36.4 Å². The zero-order valence-corrected chi connectivity index (χ0v) is 13.1. The Morgan fingerprint density at radius 2 is 2.23 bits per heavy atom. The first-order chi connectivity index (χ1) is 10.4. The summed E-state index contributed by atoms with van der Waals surface area (Å²) in [5.74, 6) is 2.01. The normalized spacial score (nSPS) is 28.3. The minimum atomic E-state index is -2.60. The van der Waals surface area contributed by atoms with Gasteiger partial charge in [0.1, 0.15) is 12.2 Å². The average Bonchev–Trinajstić information content (AvgIpc) is 3.14. The van der Waals surface area contributed by atoms with E-state index < -0.39 is 6.43 Å². The Kier molecular flexibility index (Phi) is 4.19. The first kappa shape index (κ1) is 15.4. The molecule has 1 N–H and O–H groups in total. The summed E-state index contributed by atoms with van der Waals surface area (Å²) < 4.78 is 26.6. The van der Waals surface area contributed by atoms with Crippen LogP contribution in [0.25, 0.3) is 0 Å². The van der Waals surface area contributed by atoms with E-state index >= 15 is 0 Å². The summed E-state index contributed by atoms with van der Waals surface area (Å²) in [5, 5.41) is 6.83. The van der Waals surface area contributed by atoms with Crippen LogP contribution in [0.1, 0.15) is 50.4 Å². The molecule has 2 aliphatic rings. The minimum Gasteiger partial charge on any atom is -0.352 e. The van der Waals surface area contributed by atoms with Gasteiger partial charge in [0.25, 0.3) is 6.43 Å². The molecule has 0 aromatic carbocycles. The largest absolute Gasteiger partial charge is 0.352 e. The summed E-state index contributed by atoms with van der Waals surface area (Å²) in [6.07, 6.45) is 2.54. The molecular weight excluding hydrogens is 288 g/mol. The first-order valence-corrected chi connectivity index (χ1v) is 8.06. The van der Waals surface area contributed by atoms with Crippen LogP contribution in [-0.4, -0.2) is 21.7 Å². The Hall–Kier alpha value is -1.46. The van der Waals surface area contributed by atoms with Crippen molar-refractivity contribution in [3.8, 4) is 0 Å². The lowest BCUT2D eigenvalue weighted by Crippen LogP contribution is -2.41. The predicted molar refractivity (Wildman–Crippen MR) is 78.5 cm³/mol. The van der Waals surface area contributed by atoms with Gasteiger partial charge in [0.05, 0.1) is 0 Å². The van der Waals surface area contributed by atoms with E-state index in [1.807, 2.05) is 0 Å². The number of alkyl halides is 2. The van der Waals surface area contributed by atoms with Crippen molar-refractivity contribution < 1.29 is 13.6 Å². The Labute approximate surface area is 129 Å². The molecule has 0 saturated heterocycles. The van der Waals surface area contributed by atoms with Crippen LogP contribution in [0.2, 0.25) is 0 Å². The number of rotatable bonds is 5. The van der Waals surface area contributed by atoms with Crippen molar-refractivity contribution in [2.24, 2.45) is 17.8 Å². The number of carbonyl (C=O) groups is 1. The average molecular weight is 311 g/mol. The van der Waals surface area contributed by atoms with Gasteiger partial charge < -0.3 is 5.32 Å². The van der Waals surface area contributed by atoms with Crippen LogP contribution in [0.4, 0.5) is 8.78 Å². The molecule has 4 atom stereocenters. The zero-order chi connectivity index (χ0) is 15.9. The Bertz CT molecular complexity index is 558. The fraction of sp³-hybridized carbons (Fsp3) is 0.750. The molecule has 0 unspecified atom stereocenters. The number of hydrogen-bond donors (Lipinski definition) is 1. The maximum absolute atomic E-state index is 12.6. The number of fused-ring (bicyclic) bond motifs is 2. The van der Waals surface area contributed by atoms with Gasteiger partial charge in [-0.05, 0) is 56.9 Å². The molecule has 0 aliphatic heterocycles. The van der Waals surface area contributed by atoms with E-state index in [0.717, 1.165) is 11.8 Å². The van der Waals surface area contributed by atoms with Crippen molar-refractivity contribution in [2.45, 2.75) is 58.5 Å². The molecule has 2 aliphatic carbocycles. The van der Waals surface area contributed by atoms with E-state index in [4.69, 9.17) is 0 Å². The van der Waals surface area contributed by atoms with E-state index in [-0.39, 0.29) is 24.2 Å². The van der Waals surface area contributed by atoms with Crippen molar-refractivity contribution in [1.29, 1.82) is 0 Å². The maximum atomic E-state index is 12.6. The lowest BCUT2D eigenvalue weighted by molar-refractivity contribution is -0.123. The molecule has 1 aromatic rings. The van der Waals surface area contributed by atoms with E-state index in [2.05, 4.69) is 17.3 Å². The Morgan fingerprint density at radius 3 is 2.77 bits per heavy atom. The second kappa shape index (κ2) is 5.97. The van der Waals surface area contributed by atoms with Crippen LogP contribution in [0.15, 0.2) is 6.07 Å². The second-order valence-electron chi connectivity index (χ2n) is 6.86. The third-order valence-electron chi connectivity index (χ3n) is 5.34. The van der Waals surface area contributed by atoms with Crippen molar-refractivity contribution in [3.63, 3.8) is 0 Å². The topological polar surface area (TPSA) is 46.9 Å². The van der Waals surface area contributed by atoms with Crippen molar-refractivity contribution in [1.82, 2.24) is 15.1 Å². The van der Waals surface area contributed by atoms with Gasteiger partial charge in [-0.1, -0.05) is 6.42 Å². The van der Waals surface area contributed by atoms with Crippen molar-refractivity contribution in [3.05, 3.63) is 17.5 Å². The standard InChI is InChI=1S/C16H23F2N3O/c1-9-5-14(16(17)18)20-21(9)8-15(22)19-10(2)13-7-11-3-4-12(13)6-11/h5,10-13,16H,3-4,6-8H2,1-2H3,(H,19,22)/t10-,11+,12+,13+/m1/s1. The quantitative estimate of drug-likeness (QED) is 0.908. The van der Waals surface area contributed by atoms with Gasteiger partial charge in [-0.3, -0.25) is 9.48 Å². The fourth-order valence-electron chi connectivity index (χ4n) is 4.25. The number of aryl methyl sites for hydroxylation is 1. The molecule has 3 rings (SSSR count). The van der Waals surface area contributed by atoms with Gasteiger partial charge >= 0.3 is 0 Å². The summed E-state index contributed by atoms with van der Waals surface area (Å²) in [5.41, 5.74) is 0.310. The minimum absolute atomic E-state index is 0.00368. The number of halogens is 2. The molecule has 0 radical (unpaired) electrons. The van der Waals surface area contributed by atoms with Gasteiger partial charge in [0, 0.05) is 11.7 Å². The van der Waals surface area contributed by atoms with Crippen molar-refractivity contribution in [2.75, 3.05) is 0 Å². The highest BCUT2D eigenvalue weighted by Gasteiger charge is 2.42. The Morgan fingerprint density at radius 1 is 1.45 bits per heavy atom. The van der Waals surface area contributed by atoms with E-state index in [1.54, 1.807) is 6.92 Å². The Balaban J connectivity index is 1.56. The van der Waals surface area contributed by atoms with Crippen LogP contribution in [0.5, 0.6) is 0 Å². The SMILES string of the molecule is Cc1cc(C(F)F)nn1CC(=O)N[C@H](C)[C@@H]1C[C@H]2CC[C@H]1C2. The molecule has 122 valence electrons. The maximum Gasteiger partial charge on any atom is 0.282 e. The number of aromatic nitrogens is 2. The van der Waals surface area contributed by atoms with E-state index in [0.29, 0.717) is 11.6 Å². The molecule has 2 saturated carbocycles. The molecule has 2 fully saturated rings. The van der Waals surface area contributed by atoms with Crippen LogP contribution >= 0.6 is 0 Å². The highest BCUT2D eigenvalue weighted by Crippen LogP contribution is 2.49. The third kappa shape index (κ3) is 3.01. The number of nitrogens with one attached hydrogen (secondary N) is 1. The lowest BCUT2D eigenvalue weighted by Gasteiger charge is -2.28. The molecule has 22 heavy (non-hydrogen) atoms. The molecule has 1 amide bonds.